The van der Waals surface area contributed by atoms with Crippen molar-refractivity contribution in [2.75, 3.05) is 23.7 Å². The average molecular weight is 249 g/mol. The van der Waals surface area contributed by atoms with Gasteiger partial charge in [-0.1, -0.05) is 13.0 Å². The number of nitrogens with two attached hydrogens (primary N) is 1. The van der Waals surface area contributed by atoms with Crippen molar-refractivity contribution in [3.63, 3.8) is 0 Å². The van der Waals surface area contributed by atoms with Gasteiger partial charge in [0.2, 0.25) is 5.91 Å². The minimum atomic E-state index is 0.0497. The second-order valence-corrected chi connectivity index (χ2v) is 4.49. The number of likely N-dealkylation sites (N-methyl/N-ethyl adjacent to an activating group) is 1. The Balaban J connectivity index is 2.65. The summed E-state index contributed by atoms with van der Waals surface area (Å²) in [5.41, 5.74) is 7.46. The lowest BCUT2D eigenvalue weighted by molar-refractivity contribution is -0.120. The first-order chi connectivity index (χ1) is 8.56. The highest BCUT2D eigenvalue weighted by Crippen LogP contribution is 2.16. The molecule has 3 N–H and O–H groups in total. The predicted molar refractivity (Wildman–Crippen MR) is 76.6 cm³/mol. The van der Waals surface area contributed by atoms with E-state index in [0.29, 0.717) is 12.2 Å². The van der Waals surface area contributed by atoms with Gasteiger partial charge in [-0.2, -0.15) is 0 Å². The molecule has 0 saturated heterocycles. The number of hydrogen-bond acceptors (Lipinski definition) is 3. The van der Waals surface area contributed by atoms with Gasteiger partial charge in [-0.15, -0.1) is 0 Å². The van der Waals surface area contributed by atoms with Crippen LogP contribution >= 0.6 is 0 Å². The summed E-state index contributed by atoms with van der Waals surface area (Å²) >= 11 is 0. The van der Waals surface area contributed by atoms with E-state index in [1.165, 1.54) is 0 Å². The summed E-state index contributed by atoms with van der Waals surface area (Å²) in [5, 5.41) is 2.97. The van der Waals surface area contributed by atoms with Gasteiger partial charge in [-0.25, -0.2) is 0 Å². The highest BCUT2D eigenvalue weighted by atomic mass is 16.2. The molecular formula is C14H23N3O. The van der Waals surface area contributed by atoms with Crippen LogP contribution in [0.15, 0.2) is 24.3 Å². The molecule has 0 heterocycles. The molecule has 18 heavy (non-hydrogen) atoms. The van der Waals surface area contributed by atoms with Crippen LogP contribution in [0.25, 0.3) is 0 Å². The van der Waals surface area contributed by atoms with Crippen molar-refractivity contribution in [3.8, 4) is 0 Å². The topological polar surface area (TPSA) is 58.4 Å². The number of rotatable bonds is 6. The van der Waals surface area contributed by atoms with Crippen molar-refractivity contribution in [1.82, 2.24) is 5.32 Å². The third-order valence-corrected chi connectivity index (χ3v) is 2.97. The normalized spacial score (nSPS) is 11.9. The van der Waals surface area contributed by atoms with Crippen molar-refractivity contribution in [3.05, 3.63) is 24.3 Å². The quantitative estimate of drug-likeness (QED) is 0.758. The third kappa shape index (κ3) is 4.28. The second kappa shape index (κ2) is 6.89. The number of hydrogen-bond donors (Lipinski definition) is 2. The zero-order valence-electron chi connectivity index (χ0n) is 11.4. The van der Waals surface area contributed by atoms with Gasteiger partial charge in [0, 0.05) is 24.0 Å². The molecular weight excluding hydrogens is 226 g/mol. The van der Waals surface area contributed by atoms with E-state index >= 15 is 0 Å². The summed E-state index contributed by atoms with van der Waals surface area (Å²) in [6, 6.07) is 7.82. The van der Waals surface area contributed by atoms with E-state index in [2.05, 4.69) is 12.2 Å². The lowest BCUT2D eigenvalue weighted by Crippen LogP contribution is -2.40. The minimum Gasteiger partial charge on any atom is -0.399 e. The molecule has 0 radical (unpaired) electrons. The smallest absolute Gasteiger partial charge is 0.239 e. The number of nitrogens with zero attached hydrogens (tertiary/aromatic N) is 1. The van der Waals surface area contributed by atoms with Crippen LogP contribution in [0.4, 0.5) is 11.4 Å². The third-order valence-electron chi connectivity index (χ3n) is 2.97. The van der Waals surface area contributed by atoms with Crippen molar-refractivity contribution < 1.29 is 4.79 Å². The molecule has 1 aromatic rings. The fourth-order valence-corrected chi connectivity index (χ4v) is 1.70. The second-order valence-electron chi connectivity index (χ2n) is 4.49. The average Bonchev–Trinajstić information content (AvgIpc) is 2.35. The zero-order valence-corrected chi connectivity index (χ0v) is 11.4. The molecule has 1 atom stereocenters. The Morgan fingerprint density at radius 2 is 2.17 bits per heavy atom. The molecule has 4 nitrogen and oxygen atoms in total. The molecule has 1 aromatic carbocycles. The number of nitrogens with one attached hydrogen (secondary N) is 1. The SMILES string of the molecule is CCC(C)NC(=O)CN(CC)c1cccc(N)c1. The molecule has 0 spiro atoms. The summed E-state index contributed by atoms with van der Waals surface area (Å²) in [5.74, 6) is 0.0497. The number of carbonyl (C=O) groups is 1. The van der Waals surface area contributed by atoms with Crippen LogP contribution in [0.5, 0.6) is 0 Å². The van der Waals surface area contributed by atoms with Crippen LogP contribution in [0.1, 0.15) is 27.2 Å². The Morgan fingerprint density at radius 3 is 2.72 bits per heavy atom. The molecule has 100 valence electrons. The molecule has 0 bridgehead atoms. The molecule has 4 heteroatoms. The van der Waals surface area contributed by atoms with Crippen molar-refractivity contribution >= 4 is 17.3 Å². The lowest BCUT2D eigenvalue weighted by Gasteiger charge is -2.23. The monoisotopic (exact) mass is 249 g/mol. The Morgan fingerprint density at radius 1 is 1.44 bits per heavy atom. The number of amides is 1. The van der Waals surface area contributed by atoms with E-state index in [4.69, 9.17) is 5.73 Å². The predicted octanol–water partition coefficient (Wildman–Crippen LogP) is 2.01. The van der Waals surface area contributed by atoms with Crippen LogP contribution in [0.3, 0.4) is 0 Å². The van der Waals surface area contributed by atoms with E-state index in [9.17, 15) is 4.79 Å². The maximum absolute atomic E-state index is 11.9. The molecule has 0 aliphatic heterocycles. The van der Waals surface area contributed by atoms with E-state index in [0.717, 1.165) is 18.7 Å². The van der Waals surface area contributed by atoms with Crippen LogP contribution in [-0.4, -0.2) is 25.0 Å². The Bertz CT molecular complexity index is 392. The van der Waals surface area contributed by atoms with E-state index < -0.39 is 0 Å². The summed E-state index contributed by atoms with van der Waals surface area (Å²) < 4.78 is 0. The molecule has 0 aromatic heterocycles. The van der Waals surface area contributed by atoms with Crippen molar-refractivity contribution in [2.45, 2.75) is 33.2 Å². The Kier molecular flexibility index (Phi) is 5.49. The molecule has 1 unspecified atom stereocenters. The van der Waals surface area contributed by atoms with Crippen LogP contribution in [-0.2, 0) is 4.79 Å². The van der Waals surface area contributed by atoms with Crippen LogP contribution in [0, 0.1) is 0 Å². The number of carbonyl (C=O) groups excluding carboxylic acids is 1. The fourth-order valence-electron chi connectivity index (χ4n) is 1.70. The van der Waals surface area contributed by atoms with Gasteiger partial charge < -0.3 is 16.0 Å². The highest BCUT2D eigenvalue weighted by Gasteiger charge is 2.11. The Hall–Kier alpha value is -1.71. The van der Waals surface area contributed by atoms with Crippen LogP contribution in [0.2, 0.25) is 0 Å². The van der Waals surface area contributed by atoms with Gasteiger partial charge in [0.15, 0.2) is 0 Å². The Labute approximate surface area is 109 Å². The first-order valence-electron chi connectivity index (χ1n) is 6.46. The van der Waals surface area contributed by atoms with Crippen molar-refractivity contribution in [2.24, 2.45) is 0 Å². The summed E-state index contributed by atoms with van der Waals surface area (Å²) in [7, 11) is 0. The number of anilines is 2. The maximum Gasteiger partial charge on any atom is 0.239 e. The number of nitrogen functional groups attached to an aromatic ring is 1. The first kappa shape index (κ1) is 14.4. The largest absolute Gasteiger partial charge is 0.399 e. The van der Waals surface area contributed by atoms with E-state index in [-0.39, 0.29) is 11.9 Å². The van der Waals surface area contributed by atoms with Crippen molar-refractivity contribution in [1.29, 1.82) is 0 Å². The van der Waals surface area contributed by atoms with Gasteiger partial charge in [0.05, 0.1) is 6.54 Å². The molecule has 1 amide bonds. The van der Waals surface area contributed by atoms with Crippen LogP contribution < -0.4 is 16.0 Å². The van der Waals surface area contributed by atoms with Gasteiger partial charge >= 0.3 is 0 Å². The summed E-state index contributed by atoms with van der Waals surface area (Å²) in [6.07, 6.45) is 0.941. The number of benzene rings is 1. The maximum atomic E-state index is 11.9. The summed E-state index contributed by atoms with van der Waals surface area (Å²) in [6.45, 7) is 7.23. The molecule has 1 rings (SSSR count). The molecule has 0 saturated carbocycles. The molecule has 0 aliphatic carbocycles. The van der Waals surface area contributed by atoms with E-state index in [1.54, 1.807) is 0 Å². The molecule has 0 aliphatic rings. The standard InChI is InChI=1S/C14H23N3O/c1-4-11(3)16-14(18)10-17(5-2)13-8-6-7-12(15)9-13/h6-9,11H,4-5,10,15H2,1-3H3,(H,16,18). The van der Waals surface area contributed by atoms with Gasteiger partial charge in [0.25, 0.3) is 0 Å². The molecule has 0 fully saturated rings. The van der Waals surface area contributed by atoms with Gasteiger partial charge in [0.1, 0.15) is 0 Å². The fraction of sp³-hybridized carbons (Fsp3) is 0.500. The zero-order chi connectivity index (χ0) is 13.5. The lowest BCUT2D eigenvalue weighted by atomic mass is 10.2. The first-order valence-corrected chi connectivity index (χ1v) is 6.46. The highest BCUT2D eigenvalue weighted by molar-refractivity contribution is 5.81. The van der Waals surface area contributed by atoms with Gasteiger partial charge in [-0.3, -0.25) is 4.79 Å². The summed E-state index contributed by atoms with van der Waals surface area (Å²) in [4.78, 5) is 13.9. The minimum absolute atomic E-state index is 0.0497. The van der Waals surface area contributed by atoms with E-state index in [1.807, 2.05) is 43.0 Å². The van der Waals surface area contributed by atoms with Gasteiger partial charge in [-0.05, 0) is 38.5 Å².